The van der Waals surface area contributed by atoms with Crippen LogP contribution in [0.25, 0.3) is 10.9 Å². The van der Waals surface area contributed by atoms with E-state index in [0.717, 1.165) is 22.0 Å². The lowest BCUT2D eigenvalue weighted by Crippen LogP contribution is -2.64. The summed E-state index contributed by atoms with van der Waals surface area (Å²) in [6.45, 7) is 4.03. The normalized spacial score (nSPS) is 17.5. The largest absolute Gasteiger partial charge is 0.361 e. The zero-order chi connectivity index (χ0) is 22.7. The molecule has 2 heterocycles. The van der Waals surface area contributed by atoms with Gasteiger partial charge in [-0.1, -0.05) is 62.4 Å². The van der Waals surface area contributed by atoms with Crippen LogP contribution in [0.5, 0.6) is 0 Å². The quantitative estimate of drug-likeness (QED) is 0.535. The van der Waals surface area contributed by atoms with Crippen molar-refractivity contribution in [1.82, 2.24) is 20.5 Å². The van der Waals surface area contributed by atoms with E-state index >= 15 is 0 Å². The van der Waals surface area contributed by atoms with Gasteiger partial charge in [-0.3, -0.25) is 14.4 Å². The average molecular weight is 433 g/mol. The summed E-state index contributed by atoms with van der Waals surface area (Å²) in [5.74, 6) is -0.883. The van der Waals surface area contributed by atoms with Gasteiger partial charge in [-0.05, 0) is 23.1 Å². The number of para-hydroxylation sites is 1. The monoisotopic (exact) mass is 432 g/mol. The van der Waals surface area contributed by atoms with Gasteiger partial charge in [-0.2, -0.15) is 0 Å². The number of hydrogen-bond donors (Lipinski definition) is 3. The molecule has 2 unspecified atom stereocenters. The molecule has 0 bridgehead atoms. The second-order valence-corrected chi connectivity index (χ2v) is 8.54. The number of nitrogens with one attached hydrogen (secondary N) is 3. The van der Waals surface area contributed by atoms with Crippen LogP contribution in [0.3, 0.4) is 0 Å². The number of carbonyl (C=O) groups is 3. The van der Waals surface area contributed by atoms with E-state index in [-0.39, 0.29) is 30.2 Å². The van der Waals surface area contributed by atoms with E-state index in [0.29, 0.717) is 13.0 Å². The second kappa shape index (κ2) is 9.26. The summed E-state index contributed by atoms with van der Waals surface area (Å²) in [6, 6.07) is 16.0. The number of piperazine rings is 1. The van der Waals surface area contributed by atoms with Gasteiger partial charge in [0.1, 0.15) is 18.6 Å². The summed E-state index contributed by atoms with van der Waals surface area (Å²) in [5.41, 5.74) is 2.91. The molecule has 0 aliphatic carbocycles. The number of nitrogens with zero attached hydrogens (tertiary/aromatic N) is 1. The fraction of sp³-hybridized carbons (Fsp3) is 0.320. The Morgan fingerprint density at radius 3 is 2.56 bits per heavy atom. The van der Waals surface area contributed by atoms with Gasteiger partial charge in [-0.15, -0.1) is 0 Å². The van der Waals surface area contributed by atoms with Crippen LogP contribution < -0.4 is 10.6 Å². The summed E-state index contributed by atoms with van der Waals surface area (Å²) in [4.78, 5) is 43.6. The van der Waals surface area contributed by atoms with Crippen molar-refractivity contribution in [3.05, 3.63) is 71.9 Å². The molecular formula is C25H28N4O3. The van der Waals surface area contributed by atoms with Crippen molar-refractivity contribution in [2.45, 2.75) is 38.9 Å². The minimum Gasteiger partial charge on any atom is -0.361 e. The van der Waals surface area contributed by atoms with Gasteiger partial charge in [-0.25, -0.2) is 0 Å². The van der Waals surface area contributed by atoms with Crippen molar-refractivity contribution in [3.8, 4) is 0 Å². The smallest absolute Gasteiger partial charge is 0.246 e. The molecule has 1 fully saturated rings. The molecule has 7 heteroatoms. The Labute approximate surface area is 187 Å². The summed E-state index contributed by atoms with van der Waals surface area (Å²) >= 11 is 0. The summed E-state index contributed by atoms with van der Waals surface area (Å²) in [7, 11) is 0. The Bertz CT molecular complexity index is 1120. The molecule has 7 nitrogen and oxygen atoms in total. The highest BCUT2D eigenvalue weighted by atomic mass is 16.2. The number of rotatable bonds is 7. The van der Waals surface area contributed by atoms with Gasteiger partial charge in [0, 0.05) is 30.1 Å². The lowest BCUT2D eigenvalue weighted by molar-refractivity contribution is -0.151. The van der Waals surface area contributed by atoms with Crippen molar-refractivity contribution in [1.29, 1.82) is 0 Å². The molecule has 1 saturated heterocycles. The van der Waals surface area contributed by atoms with Crippen LogP contribution in [0.1, 0.15) is 25.0 Å². The Hall–Kier alpha value is -3.61. The highest BCUT2D eigenvalue weighted by Crippen LogP contribution is 2.22. The zero-order valence-corrected chi connectivity index (χ0v) is 18.3. The molecule has 0 spiro atoms. The molecule has 3 aromatic rings. The number of amides is 3. The maximum Gasteiger partial charge on any atom is 0.246 e. The first-order chi connectivity index (χ1) is 15.4. The fourth-order valence-corrected chi connectivity index (χ4v) is 4.32. The van der Waals surface area contributed by atoms with Crippen LogP contribution in [0.4, 0.5) is 0 Å². The molecule has 2 atom stereocenters. The van der Waals surface area contributed by atoms with Crippen LogP contribution in [0, 0.1) is 5.92 Å². The van der Waals surface area contributed by atoms with Gasteiger partial charge in [0.25, 0.3) is 0 Å². The van der Waals surface area contributed by atoms with Gasteiger partial charge in [0.2, 0.25) is 17.7 Å². The zero-order valence-electron chi connectivity index (χ0n) is 18.3. The number of aromatic amines is 1. The Kier molecular flexibility index (Phi) is 6.25. The maximum atomic E-state index is 13.4. The fourth-order valence-electron chi connectivity index (χ4n) is 4.32. The number of hydrogen-bond acceptors (Lipinski definition) is 3. The van der Waals surface area contributed by atoms with Gasteiger partial charge >= 0.3 is 0 Å². The SMILES string of the molecule is CC(C)C(C(=O)NCc1ccccc1)N1CC(=O)NC(Cc2c[nH]c3ccccc23)C1=O. The van der Waals surface area contributed by atoms with Gasteiger partial charge in [0.15, 0.2) is 0 Å². The van der Waals surface area contributed by atoms with Crippen LogP contribution in [-0.4, -0.2) is 46.2 Å². The van der Waals surface area contributed by atoms with Crippen molar-refractivity contribution in [2.24, 2.45) is 5.92 Å². The van der Waals surface area contributed by atoms with Gasteiger partial charge < -0.3 is 20.5 Å². The van der Waals surface area contributed by atoms with Crippen LogP contribution in [-0.2, 0) is 27.3 Å². The topological polar surface area (TPSA) is 94.3 Å². The molecule has 32 heavy (non-hydrogen) atoms. The van der Waals surface area contributed by atoms with Crippen LogP contribution >= 0.6 is 0 Å². The molecule has 3 N–H and O–H groups in total. The minimum absolute atomic E-state index is 0.120. The van der Waals surface area contributed by atoms with Crippen LogP contribution in [0.15, 0.2) is 60.8 Å². The van der Waals surface area contributed by atoms with Crippen molar-refractivity contribution >= 4 is 28.6 Å². The van der Waals surface area contributed by atoms with Crippen molar-refractivity contribution < 1.29 is 14.4 Å². The molecule has 2 aromatic carbocycles. The van der Waals surface area contributed by atoms with E-state index in [1.54, 1.807) is 0 Å². The number of H-pyrrole nitrogens is 1. The van der Waals surface area contributed by atoms with E-state index in [2.05, 4.69) is 15.6 Å². The first-order valence-corrected chi connectivity index (χ1v) is 10.9. The lowest BCUT2D eigenvalue weighted by atomic mass is 9.96. The van der Waals surface area contributed by atoms with E-state index in [1.807, 2.05) is 74.6 Å². The molecule has 4 rings (SSSR count). The van der Waals surface area contributed by atoms with E-state index < -0.39 is 12.1 Å². The molecule has 1 aliphatic rings. The third kappa shape index (κ3) is 4.51. The standard InChI is InChI=1S/C25H28N4O3/c1-16(2)23(24(31)27-13-17-8-4-3-5-9-17)29-15-22(30)28-21(25(29)32)12-18-14-26-20-11-7-6-10-19(18)20/h3-11,14,16,21,23,26H,12-13,15H2,1-2H3,(H,27,31)(H,28,30). The first-order valence-electron chi connectivity index (χ1n) is 10.9. The van der Waals surface area contributed by atoms with Crippen molar-refractivity contribution in [3.63, 3.8) is 0 Å². The molecule has 3 amide bonds. The third-order valence-electron chi connectivity index (χ3n) is 5.87. The maximum absolute atomic E-state index is 13.4. The summed E-state index contributed by atoms with van der Waals surface area (Å²) in [6.07, 6.45) is 2.23. The van der Waals surface area contributed by atoms with E-state index in [4.69, 9.17) is 0 Å². The number of fused-ring (bicyclic) bond motifs is 1. The number of carbonyl (C=O) groups excluding carboxylic acids is 3. The first kappa shape index (κ1) is 21.6. The van der Waals surface area contributed by atoms with E-state index in [1.165, 1.54) is 4.90 Å². The lowest BCUT2D eigenvalue weighted by Gasteiger charge is -2.38. The Balaban J connectivity index is 1.51. The second-order valence-electron chi connectivity index (χ2n) is 8.54. The van der Waals surface area contributed by atoms with Crippen LogP contribution in [0.2, 0.25) is 0 Å². The molecule has 1 aromatic heterocycles. The highest BCUT2D eigenvalue weighted by molar-refractivity contribution is 5.98. The minimum atomic E-state index is -0.720. The Morgan fingerprint density at radius 1 is 1.09 bits per heavy atom. The number of aromatic nitrogens is 1. The molecule has 0 saturated carbocycles. The predicted molar refractivity (Wildman–Crippen MR) is 123 cm³/mol. The molecule has 0 radical (unpaired) electrons. The predicted octanol–water partition coefficient (Wildman–Crippen LogP) is 2.38. The molecular weight excluding hydrogens is 404 g/mol. The number of benzene rings is 2. The highest BCUT2D eigenvalue weighted by Gasteiger charge is 2.40. The average Bonchev–Trinajstić information content (AvgIpc) is 3.19. The molecule has 166 valence electrons. The third-order valence-corrected chi connectivity index (χ3v) is 5.87. The Morgan fingerprint density at radius 2 is 1.81 bits per heavy atom. The summed E-state index contributed by atoms with van der Waals surface area (Å²) < 4.78 is 0. The molecule has 1 aliphatic heterocycles. The summed E-state index contributed by atoms with van der Waals surface area (Å²) in [5, 5.41) is 6.76. The van der Waals surface area contributed by atoms with E-state index in [9.17, 15) is 14.4 Å². The van der Waals surface area contributed by atoms with Crippen molar-refractivity contribution in [2.75, 3.05) is 6.54 Å². The van der Waals surface area contributed by atoms with Gasteiger partial charge in [0.05, 0.1) is 0 Å².